The SMILES string of the molecule is c1cc(NC2CCC2)nc(N2CCNCC2)c1. The molecule has 1 aliphatic heterocycles. The maximum absolute atomic E-state index is 4.71. The molecular formula is C13H20N4. The van der Waals surface area contributed by atoms with Crippen molar-refractivity contribution in [2.75, 3.05) is 36.4 Å². The lowest BCUT2D eigenvalue weighted by Crippen LogP contribution is -2.44. The van der Waals surface area contributed by atoms with Crippen molar-refractivity contribution in [3.8, 4) is 0 Å². The Morgan fingerprint density at radius 1 is 1.24 bits per heavy atom. The molecule has 1 aromatic rings. The van der Waals surface area contributed by atoms with Crippen molar-refractivity contribution >= 4 is 11.6 Å². The third-order valence-corrected chi connectivity index (χ3v) is 3.63. The summed E-state index contributed by atoms with van der Waals surface area (Å²) in [6, 6.07) is 6.94. The Morgan fingerprint density at radius 2 is 2.06 bits per heavy atom. The smallest absolute Gasteiger partial charge is 0.131 e. The molecule has 0 spiro atoms. The van der Waals surface area contributed by atoms with Gasteiger partial charge in [0, 0.05) is 32.2 Å². The molecule has 1 saturated heterocycles. The topological polar surface area (TPSA) is 40.2 Å². The normalized spacial score (nSPS) is 21.1. The molecule has 0 unspecified atom stereocenters. The summed E-state index contributed by atoms with van der Waals surface area (Å²) >= 11 is 0. The van der Waals surface area contributed by atoms with Gasteiger partial charge >= 0.3 is 0 Å². The van der Waals surface area contributed by atoms with Gasteiger partial charge in [0.15, 0.2) is 0 Å². The number of nitrogens with zero attached hydrogens (tertiary/aromatic N) is 2. The van der Waals surface area contributed by atoms with Gasteiger partial charge in [0.2, 0.25) is 0 Å². The summed E-state index contributed by atoms with van der Waals surface area (Å²) in [6.45, 7) is 4.23. The van der Waals surface area contributed by atoms with Crippen molar-refractivity contribution < 1.29 is 0 Å². The van der Waals surface area contributed by atoms with Gasteiger partial charge in [-0.3, -0.25) is 0 Å². The highest BCUT2D eigenvalue weighted by Crippen LogP contribution is 2.23. The Balaban J connectivity index is 1.68. The van der Waals surface area contributed by atoms with Gasteiger partial charge in [-0.1, -0.05) is 6.07 Å². The summed E-state index contributed by atoms with van der Waals surface area (Å²) < 4.78 is 0. The van der Waals surface area contributed by atoms with E-state index in [2.05, 4.69) is 33.7 Å². The van der Waals surface area contributed by atoms with Crippen LogP contribution in [0, 0.1) is 0 Å². The second-order valence-corrected chi connectivity index (χ2v) is 4.89. The van der Waals surface area contributed by atoms with Gasteiger partial charge < -0.3 is 15.5 Å². The molecule has 17 heavy (non-hydrogen) atoms. The van der Waals surface area contributed by atoms with Gasteiger partial charge in [-0.15, -0.1) is 0 Å². The third kappa shape index (κ3) is 2.52. The molecule has 2 aliphatic rings. The standard InChI is InChI=1S/C13H20N4/c1-3-11(4-1)15-12-5-2-6-13(16-12)17-9-7-14-8-10-17/h2,5-6,11,14H,1,3-4,7-10H2,(H,15,16). The first-order valence-electron chi connectivity index (χ1n) is 6.61. The lowest BCUT2D eigenvalue weighted by molar-refractivity contribution is 0.444. The van der Waals surface area contributed by atoms with Gasteiger partial charge in [0.05, 0.1) is 0 Å². The Kier molecular flexibility index (Phi) is 3.14. The molecule has 0 radical (unpaired) electrons. The summed E-state index contributed by atoms with van der Waals surface area (Å²) in [5.74, 6) is 2.14. The van der Waals surface area contributed by atoms with Crippen LogP contribution in [0.4, 0.5) is 11.6 Å². The molecule has 2 fully saturated rings. The van der Waals surface area contributed by atoms with Crippen LogP contribution < -0.4 is 15.5 Å². The first-order chi connectivity index (χ1) is 8.42. The summed E-state index contributed by atoms with van der Waals surface area (Å²) in [6.07, 6.45) is 3.94. The minimum Gasteiger partial charge on any atom is -0.367 e. The van der Waals surface area contributed by atoms with Crippen molar-refractivity contribution in [2.24, 2.45) is 0 Å². The highest BCUT2D eigenvalue weighted by molar-refractivity contribution is 5.48. The van der Waals surface area contributed by atoms with E-state index in [1.807, 2.05) is 0 Å². The molecule has 0 atom stereocenters. The van der Waals surface area contributed by atoms with E-state index in [4.69, 9.17) is 4.98 Å². The third-order valence-electron chi connectivity index (χ3n) is 3.63. The average molecular weight is 232 g/mol. The molecule has 3 rings (SSSR count). The summed E-state index contributed by atoms with van der Waals surface area (Å²) in [7, 11) is 0. The van der Waals surface area contributed by atoms with Crippen LogP contribution in [0.2, 0.25) is 0 Å². The monoisotopic (exact) mass is 232 g/mol. The highest BCUT2D eigenvalue weighted by Gasteiger charge is 2.18. The Bertz CT molecular complexity index is 369. The van der Waals surface area contributed by atoms with Crippen LogP contribution in [0.15, 0.2) is 18.2 Å². The predicted octanol–water partition coefficient (Wildman–Crippen LogP) is 1.46. The summed E-state index contributed by atoms with van der Waals surface area (Å²) in [5.41, 5.74) is 0. The van der Waals surface area contributed by atoms with Crippen LogP contribution in [-0.2, 0) is 0 Å². The summed E-state index contributed by atoms with van der Waals surface area (Å²) in [4.78, 5) is 7.05. The number of pyridine rings is 1. The Morgan fingerprint density at radius 3 is 2.76 bits per heavy atom. The lowest BCUT2D eigenvalue weighted by atomic mass is 9.93. The molecule has 2 heterocycles. The number of nitrogens with one attached hydrogen (secondary N) is 2. The van der Waals surface area contributed by atoms with Crippen molar-refractivity contribution in [2.45, 2.75) is 25.3 Å². The molecule has 1 aromatic heterocycles. The number of anilines is 2. The minimum atomic E-state index is 0.653. The molecule has 0 aromatic carbocycles. The zero-order valence-corrected chi connectivity index (χ0v) is 10.2. The maximum atomic E-state index is 4.71. The van der Waals surface area contributed by atoms with Gasteiger partial charge in [-0.25, -0.2) is 4.98 Å². The highest BCUT2D eigenvalue weighted by atomic mass is 15.2. The number of aromatic nitrogens is 1. The van der Waals surface area contributed by atoms with Crippen molar-refractivity contribution in [1.29, 1.82) is 0 Å². The van der Waals surface area contributed by atoms with Crippen molar-refractivity contribution in [1.82, 2.24) is 10.3 Å². The van der Waals surface area contributed by atoms with Crippen LogP contribution in [0.3, 0.4) is 0 Å². The molecule has 0 bridgehead atoms. The second kappa shape index (κ2) is 4.92. The van der Waals surface area contributed by atoms with Crippen LogP contribution in [-0.4, -0.2) is 37.2 Å². The van der Waals surface area contributed by atoms with Crippen LogP contribution in [0.1, 0.15) is 19.3 Å². The molecule has 4 nitrogen and oxygen atoms in total. The van der Waals surface area contributed by atoms with Gasteiger partial charge in [-0.05, 0) is 31.4 Å². The quantitative estimate of drug-likeness (QED) is 0.827. The van der Waals surface area contributed by atoms with E-state index in [1.165, 1.54) is 19.3 Å². The molecule has 4 heteroatoms. The Labute approximate surface area is 102 Å². The number of rotatable bonds is 3. The fraction of sp³-hybridized carbons (Fsp3) is 0.615. The van der Waals surface area contributed by atoms with E-state index in [1.54, 1.807) is 0 Å². The van der Waals surface area contributed by atoms with E-state index in [0.29, 0.717) is 6.04 Å². The van der Waals surface area contributed by atoms with Crippen molar-refractivity contribution in [3.05, 3.63) is 18.2 Å². The zero-order valence-electron chi connectivity index (χ0n) is 10.2. The predicted molar refractivity (Wildman–Crippen MR) is 70.6 cm³/mol. The molecule has 1 saturated carbocycles. The maximum Gasteiger partial charge on any atom is 0.131 e. The molecular weight excluding hydrogens is 212 g/mol. The largest absolute Gasteiger partial charge is 0.367 e. The average Bonchev–Trinajstić information content (AvgIpc) is 2.35. The van der Waals surface area contributed by atoms with Crippen LogP contribution in [0.5, 0.6) is 0 Å². The second-order valence-electron chi connectivity index (χ2n) is 4.89. The van der Waals surface area contributed by atoms with Crippen LogP contribution in [0.25, 0.3) is 0 Å². The van der Waals surface area contributed by atoms with E-state index in [0.717, 1.165) is 37.8 Å². The first-order valence-corrected chi connectivity index (χ1v) is 6.61. The van der Waals surface area contributed by atoms with E-state index >= 15 is 0 Å². The Hall–Kier alpha value is -1.29. The minimum absolute atomic E-state index is 0.653. The molecule has 92 valence electrons. The first kappa shape index (κ1) is 10.8. The van der Waals surface area contributed by atoms with E-state index in [-0.39, 0.29) is 0 Å². The number of piperazine rings is 1. The van der Waals surface area contributed by atoms with Gasteiger partial charge in [0.25, 0.3) is 0 Å². The van der Waals surface area contributed by atoms with E-state index in [9.17, 15) is 0 Å². The fourth-order valence-corrected chi connectivity index (χ4v) is 2.34. The van der Waals surface area contributed by atoms with Gasteiger partial charge in [-0.2, -0.15) is 0 Å². The fourth-order valence-electron chi connectivity index (χ4n) is 2.34. The zero-order chi connectivity index (χ0) is 11.5. The summed E-state index contributed by atoms with van der Waals surface area (Å²) in [5, 5.41) is 6.87. The number of hydrogen-bond donors (Lipinski definition) is 2. The number of hydrogen-bond acceptors (Lipinski definition) is 4. The van der Waals surface area contributed by atoms with Crippen LogP contribution >= 0.6 is 0 Å². The van der Waals surface area contributed by atoms with E-state index < -0.39 is 0 Å². The molecule has 2 N–H and O–H groups in total. The lowest BCUT2D eigenvalue weighted by Gasteiger charge is -2.30. The van der Waals surface area contributed by atoms with Gasteiger partial charge in [0.1, 0.15) is 11.6 Å². The molecule has 1 aliphatic carbocycles. The van der Waals surface area contributed by atoms with Crippen molar-refractivity contribution in [3.63, 3.8) is 0 Å². The molecule has 0 amide bonds.